The number of urea groups is 1. The summed E-state index contributed by atoms with van der Waals surface area (Å²) in [6, 6.07) is 0.970. The van der Waals surface area contributed by atoms with Crippen LogP contribution in [-0.2, 0) is 4.79 Å². The van der Waals surface area contributed by atoms with Crippen LogP contribution in [0.5, 0.6) is 0 Å². The molecule has 5 nitrogen and oxygen atoms in total. The van der Waals surface area contributed by atoms with E-state index in [-0.39, 0.29) is 17.3 Å². The molecule has 2 rings (SSSR count). The highest BCUT2D eigenvalue weighted by Gasteiger charge is 2.30. The van der Waals surface area contributed by atoms with Gasteiger partial charge in [0.05, 0.1) is 11.6 Å². The van der Waals surface area contributed by atoms with Gasteiger partial charge in [-0.15, -0.1) is 0 Å². The number of anilines is 1. The number of carboxylic acid groups (broad SMARTS) is 1. The standard InChI is InChI=1S/C14H16F2N2O3/c1-7-4-11(16)12(6-10(7)15)18-14(21)17-9-3-2-8(5-9)13(19)20/h4,6,8-9H,2-3,5H2,1H3,(H,19,20)(H2,17,18,21). The van der Waals surface area contributed by atoms with Crippen LogP contribution in [-0.4, -0.2) is 23.1 Å². The molecule has 1 aromatic rings. The topological polar surface area (TPSA) is 78.4 Å². The number of rotatable bonds is 3. The van der Waals surface area contributed by atoms with Crippen molar-refractivity contribution in [1.82, 2.24) is 5.32 Å². The summed E-state index contributed by atoms with van der Waals surface area (Å²) in [6.45, 7) is 1.42. The molecule has 1 aliphatic carbocycles. The SMILES string of the molecule is Cc1cc(F)c(NC(=O)NC2CCC(C(=O)O)C2)cc1F. The molecule has 0 radical (unpaired) electrons. The Morgan fingerprint density at radius 3 is 2.57 bits per heavy atom. The van der Waals surface area contributed by atoms with Gasteiger partial charge >= 0.3 is 12.0 Å². The van der Waals surface area contributed by atoms with E-state index in [2.05, 4.69) is 10.6 Å². The van der Waals surface area contributed by atoms with Crippen molar-refractivity contribution in [2.24, 2.45) is 5.92 Å². The van der Waals surface area contributed by atoms with E-state index in [1.54, 1.807) is 0 Å². The fourth-order valence-corrected chi connectivity index (χ4v) is 2.42. The molecule has 0 bridgehead atoms. The predicted molar refractivity (Wildman–Crippen MR) is 72.0 cm³/mol. The molecular formula is C14H16F2N2O3. The lowest BCUT2D eigenvalue weighted by atomic mass is 10.1. The summed E-state index contributed by atoms with van der Waals surface area (Å²) in [6.07, 6.45) is 1.39. The number of amides is 2. The molecule has 0 aliphatic heterocycles. The smallest absolute Gasteiger partial charge is 0.319 e. The second-order valence-corrected chi connectivity index (χ2v) is 5.22. The molecule has 1 aromatic carbocycles. The van der Waals surface area contributed by atoms with E-state index in [1.807, 2.05) is 0 Å². The first-order chi connectivity index (χ1) is 9.86. The number of carbonyl (C=O) groups excluding carboxylic acids is 1. The summed E-state index contributed by atoms with van der Waals surface area (Å²) in [5, 5.41) is 13.7. The Balaban J connectivity index is 1.94. The fraction of sp³-hybridized carbons (Fsp3) is 0.429. The van der Waals surface area contributed by atoms with Crippen LogP contribution in [0.4, 0.5) is 19.3 Å². The van der Waals surface area contributed by atoms with Gasteiger partial charge in [-0.25, -0.2) is 13.6 Å². The van der Waals surface area contributed by atoms with Gasteiger partial charge in [-0.2, -0.15) is 0 Å². The van der Waals surface area contributed by atoms with Gasteiger partial charge in [-0.05, 0) is 37.8 Å². The van der Waals surface area contributed by atoms with E-state index in [9.17, 15) is 18.4 Å². The van der Waals surface area contributed by atoms with Crippen LogP contribution in [0.2, 0.25) is 0 Å². The Hall–Kier alpha value is -2.18. The predicted octanol–water partition coefficient (Wildman–Crippen LogP) is 2.65. The maximum Gasteiger partial charge on any atom is 0.319 e. The van der Waals surface area contributed by atoms with Crippen LogP contribution in [0.1, 0.15) is 24.8 Å². The summed E-state index contributed by atoms with van der Waals surface area (Å²) >= 11 is 0. The Kier molecular flexibility index (Phi) is 4.40. The molecule has 3 N–H and O–H groups in total. The highest BCUT2D eigenvalue weighted by Crippen LogP contribution is 2.26. The monoisotopic (exact) mass is 298 g/mol. The number of carbonyl (C=O) groups is 2. The minimum absolute atomic E-state index is 0.151. The number of nitrogens with one attached hydrogen (secondary N) is 2. The number of hydrogen-bond donors (Lipinski definition) is 3. The number of carboxylic acids is 1. The van der Waals surface area contributed by atoms with E-state index in [0.29, 0.717) is 19.3 Å². The Bertz CT molecular complexity index is 578. The average molecular weight is 298 g/mol. The van der Waals surface area contributed by atoms with E-state index in [1.165, 1.54) is 6.92 Å². The molecule has 2 amide bonds. The lowest BCUT2D eigenvalue weighted by Gasteiger charge is -2.14. The van der Waals surface area contributed by atoms with Crippen LogP contribution in [0.3, 0.4) is 0 Å². The first-order valence-electron chi connectivity index (χ1n) is 6.62. The van der Waals surface area contributed by atoms with E-state index >= 15 is 0 Å². The Morgan fingerprint density at radius 2 is 1.95 bits per heavy atom. The summed E-state index contributed by atoms with van der Waals surface area (Å²) in [5.74, 6) is -2.69. The molecule has 114 valence electrons. The van der Waals surface area contributed by atoms with Gasteiger partial charge in [0.25, 0.3) is 0 Å². The molecule has 1 saturated carbocycles. The van der Waals surface area contributed by atoms with Crippen molar-refractivity contribution in [3.8, 4) is 0 Å². The molecule has 21 heavy (non-hydrogen) atoms. The van der Waals surface area contributed by atoms with Crippen molar-refractivity contribution < 1.29 is 23.5 Å². The van der Waals surface area contributed by atoms with Crippen LogP contribution < -0.4 is 10.6 Å². The zero-order chi connectivity index (χ0) is 15.6. The maximum atomic E-state index is 13.6. The van der Waals surface area contributed by atoms with Crippen molar-refractivity contribution in [3.63, 3.8) is 0 Å². The molecule has 2 atom stereocenters. The second kappa shape index (κ2) is 6.07. The van der Waals surface area contributed by atoms with Gasteiger partial charge in [0.1, 0.15) is 11.6 Å². The Labute approximate surface area is 120 Å². The van der Waals surface area contributed by atoms with Crippen molar-refractivity contribution in [2.45, 2.75) is 32.2 Å². The first kappa shape index (κ1) is 15.2. The third-order valence-corrected chi connectivity index (χ3v) is 3.61. The number of hydrogen-bond acceptors (Lipinski definition) is 2. The average Bonchev–Trinajstić information content (AvgIpc) is 2.84. The largest absolute Gasteiger partial charge is 0.481 e. The molecular weight excluding hydrogens is 282 g/mol. The third kappa shape index (κ3) is 3.68. The summed E-state index contributed by atoms with van der Waals surface area (Å²) in [7, 11) is 0. The quantitative estimate of drug-likeness (QED) is 0.802. The maximum absolute atomic E-state index is 13.6. The molecule has 1 fully saturated rings. The highest BCUT2D eigenvalue weighted by molar-refractivity contribution is 5.89. The van der Waals surface area contributed by atoms with Gasteiger partial charge in [0.15, 0.2) is 0 Å². The van der Waals surface area contributed by atoms with Crippen LogP contribution in [0.15, 0.2) is 12.1 Å². The summed E-state index contributed by atoms with van der Waals surface area (Å²) in [4.78, 5) is 22.6. The zero-order valence-electron chi connectivity index (χ0n) is 11.5. The normalized spacial score (nSPS) is 21.1. The summed E-state index contributed by atoms with van der Waals surface area (Å²) in [5.41, 5.74) is -0.0954. The minimum Gasteiger partial charge on any atom is -0.481 e. The van der Waals surface area contributed by atoms with Crippen LogP contribution in [0, 0.1) is 24.5 Å². The van der Waals surface area contributed by atoms with Gasteiger partial charge in [-0.1, -0.05) is 0 Å². The fourth-order valence-electron chi connectivity index (χ4n) is 2.42. The lowest BCUT2D eigenvalue weighted by Crippen LogP contribution is -2.37. The molecule has 7 heteroatoms. The first-order valence-corrected chi connectivity index (χ1v) is 6.62. The van der Waals surface area contributed by atoms with Gasteiger partial charge < -0.3 is 15.7 Å². The lowest BCUT2D eigenvalue weighted by molar-refractivity contribution is -0.141. The van der Waals surface area contributed by atoms with Gasteiger partial charge in [0, 0.05) is 12.1 Å². The number of benzene rings is 1. The van der Waals surface area contributed by atoms with Crippen molar-refractivity contribution in [1.29, 1.82) is 0 Å². The van der Waals surface area contributed by atoms with Crippen LogP contribution in [0.25, 0.3) is 0 Å². The summed E-state index contributed by atoms with van der Waals surface area (Å²) < 4.78 is 26.9. The Morgan fingerprint density at radius 1 is 1.24 bits per heavy atom. The van der Waals surface area contributed by atoms with Crippen molar-refractivity contribution in [3.05, 3.63) is 29.3 Å². The van der Waals surface area contributed by atoms with E-state index < -0.39 is 29.6 Å². The van der Waals surface area contributed by atoms with Crippen molar-refractivity contribution >= 4 is 17.7 Å². The van der Waals surface area contributed by atoms with E-state index in [4.69, 9.17) is 5.11 Å². The molecule has 0 spiro atoms. The molecule has 1 aliphatic rings. The molecule has 2 unspecified atom stereocenters. The third-order valence-electron chi connectivity index (χ3n) is 3.61. The van der Waals surface area contributed by atoms with Gasteiger partial charge in [0.2, 0.25) is 0 Å². The number of aryl methyl sites for hydroxylation is 1. The van der Waals surface area contributed by atoms with E-state index in [0.717, 1.165) is 12.1 Å². The molecule has 0 aromatic heterocycles. The second-order valence-electron chi connectivity index (χ2n) is 5.22. The number of halogens is 2. The minimum atomic E-state index is -0.883. The molecule has 0 heterocycles. The highest BCUT2D eigenvalue weighted by atomic mass is 19.1. The van der Waals surface area contributed by atoms with Crippen molar-refractivity contribution in [2.75, 3.05) is 5.32 Å². The zero-order valence-corrected chi connectivity index (χ0v) is 11.5. The van der Waals surface area contributed by atoms with Gasteiger partial charge in [-0.3, -0.25) is 4.79 Å². The van der Waals surface area contributed by atoms with Crippen LogP contribution >= 0.6 is 0 Å². The molecule has 0 saturated heterocycles. The number of aliphatic carboxylic acids is 1.